The zero-order chi connectivity index (χ0) is 21.8. The largest absolute Gasteiger partial charge is 0.390 e. The molecule has 0 radical (unpaired) electrons. The van der Waals surface area contributed by atoms with Crippen LogP contribution in [-0.4, -0.2) is 41.9 Å². The highest BCUT2D eigenvalue weighted by molar-refractivity contribution is 5.95. The van der Waals surface area contributed by atoms with Crippen molar-refractivity contribution < 1.29 is 13.9 Å². The Bertz CT molecular complexity index is 1130. The molecule has 1 saturated heterocycles. The van der Waals surface area contributed by atoms with Gasteiger partial charge in [-0.1, -0.05) is 42.5 Å². The van der Waals surface area contributed by atoms with E-state index in [0.29, 0.717) is 31.0 Å². The summed E-state index contributed by atoms with van der Waals surface area (Å²) in [6, 6.07) is 14.4. The van der Waals surface area contributed by atoms with Gasteiger partial charge in [0.05, 0.1) is 11.6 Å². The van der Waals surface area contributed by atoms with Crippen LogP contribution in [0.4, 0.5) is 20.3 Å². The number of anilines is 2. The lowest BCUT2D eigenvalue weighted by Crippen LogP contribution is -2.32. The number of halogens is 2. The molecule has 0 bridgehead atoms. The summed E-state index contributed by atoms with van der Waals surface area (Å²) in [5.74, 6) is -2.20. The number of fused-ring (bicyclic) bond motifs is 2. The third-order valence-corrected chi connectivity index (χ3v) is 6.47. The van der Waals surface area contributed by atoms with E-state index in [1.165, 1.54) is 6.07 Å². The zero-order valence-electron chi connectivity index (χ0n) is 17.4. The highest BCUT2D eigenvalue weighted by atomic mass is 19.3. The Kier molecular flexibility index (Phi) is 4.83. The summed E-state index contributed by atoms with van der Waals surface area (Å²) in [6.07, 6.45) is -0.861. The van der Waals surface area contributed by atoms with E-state index in [9.17, 15) is 13.9 Å². The summed E-state index contributed by atoms with van der Waals surface area (Å²) in [6.45, 7) is 3.55. The van der Waals surface area contributed by atoms with Crippen LogP contribution in [0.1, 0.15) is 23.1 Å². The molecular formula is C24H26F2N4O. The van der Waals surface area contributed by atoms with Crippen LogP contribution in [0.25, 0.3) is 10.9 Å². The summed E-state index contributed by atoms with van der Waals surface area (Å²) < 4.78 is 29.6. The van der Waals surface area contributed by atoms with E-state index in [-0.39, 0.29) is 24.6 Å². The van der Waals surface area contributed by atoms with Gasteiger partial charge in [0.15, 0.2) is 0 Å². The van der Waals surface area contributed by atoms with Crippen molar-refractivity contribution in [2.75, 3.05) is 29.4 Å². The van der Waals surface area contributed by atoms with Crippen LogP contribution in [0, 0.1) is 6.92 Å². The summed E-state index contributed by atoms with van der Waals surface area (Å²) in [7, 11) is 0. The number of aliphatic hydroxyl groups is 1. The fourth-order valence-corrected chi connectivity index (χ4v) is 4.70. The van der Waals surface area contributed by atoms with E-state index >= 15 is 0 Å². The fraction of sp³-hybridized carbons (Fsp3) is 0.375. The molecule has 1 fully saturated rings. The van der Waals surface area contributed by atoms with Gasteiger partial charge >= 0.3 is 0 Å². The highest BCUT2D eigenvalue weighted by Crippen LogP contribution is 2.39. The number of aryl methyl sites for hydroxylation is 1. The van der Waals surface area contributed by atoms with Crippen LogP contribution in [-0.2, 0) is 12.5 Å². The first-order chi connectivity index (χ1) is 14.8. The van der Waals surface area contributed by atoms with Gasteiger partial charge in [-0.3, -0.25) is 0 Å². The van der Waals surface area contributed by atoms with Crippen LogP contribution in [0.2, 0.25) is 0 Å². The topological polar surface area (TPSA) is 65.6 Å². The van der Waals surface area contributed by atoms with Crippen molar-refractivity contribution in [3.05, 3.63) is 65.2 Å². The molecule has 5 rings (SSSR count). The molecule has 5 nitrogen and oxygen atoms in total. The number of para-hydroxylation sites is 1. The minimum atomic E-state index is -2.87. The molecule has 2 aliphatic rings. The van der Waals surface area contributed by atoms with E-state index in [1.54, 1.807) is 18.2 Å². The van der Waals surface area contributed by atoms with E-state index in [2.05, 4.69) is 4.90 Å². The number of aliphatic hydroxyl groups excluding tert-OH is 1. The Balaban J connectivity index is 1.62. The van der Waals surface area contributed by atoms with Crippen LogP contribution in [0.15, 0.2) is 48.5 Å². The summed E-state index contributed by atoms with van der Waals surface area (Å²) in [4.78, 5) is 8.90. The monoisotopic (exact) mass is 424 g/mol. The minimum absolute atomic E-state index is 0.100. The molecule has 0 spiro atoms. The third kappa shape index (κ3) is 3.51. The number of aromatic nitrogens is 1. The van der Waals surface area contributed by atoms with E-state index < -0.39 is 12.0 Å². The van der Waals surface area contributed by atoms with Crippen LogP contribution in [0.5, 0.6) is 0 Å². The van der Waals surface area contributed by atoms with E-state index in [1.807, 2.05) is 36.1 Å². The van der Waals surface area contributed by atoms with Gasteiger partial charge in [-0.25, -0.2) is 13.8 Å². The Morgan fingerprint density at radius 2 is 1.90 bits per heavy atom. The number of hydrogen-bond donors (Lipinski definition) is 2. The molecule has 2 unspecified atom stereocenters. The van der Waals surface area contributed by atoms with Gasteiger partial charge in [-0.05, 0) is 18.1 Å². The van der Waals surface area contributed by atoms with Crippen molar-refractivity contribution in [2.45, 2.75) is 38.0 Å². The number of nitrogens with zero attached hydrogens (tertiary/aromatic N) is 3. The lowest BCUT2D eigenvalue weighted by Gasteiger charge is -2.26. The maximum Gasteiger partial charge on any atom is 0.275 e. The molecule has 0 aliphatic carbocycles. The first kappa shape index (κ1) is 20.2. The van der Waals surface area contributed by atoms with Crippen LogP contribution >= 0.6 is 0 Å². The highest BCUT2D eigenvalue weighted by Gasteiger charge is 2.37. The number of hydrogen-bond acceptors (Lipinski definition) is 5. The van der Waals surface area contributed by atoms with Crippen molar-refractivity contribution in [1.82, 2.24) is 4.98 Å². The Labute approximate surface area is 180 Å². The van der Waals surface area contributed by atoms with Crippen LogP contribution < -0.4 is 15.5 Å². The number of benzene rings is 2. The second-order valence-corrected chi connectivity index (χ2v) is 8.64. The zero-order valence-corrected chi connectivity index (χ0v) is 17.4. The summed E-state index contributed by atoms with van der Waals surface area (Å²) in [5.41, 5.74) is 9.58. The number of pyridine rings is 1. The quantitative estimate of drug-likeness (QED) is 0.659. The molecule has 2 aromatic carbocycles. The maximum absolute atomic E-state index is 14.8. The maximum atomic E-state index is 14.8. The molecule has 2 atom stereocenters. The Morgan fingerprint density at radius 1 is 1.10 bits per heavy atom. The molecule has 0 amide bonds. The average molecular weight is 424 g/mol. The predicted octanol–water partition coefficient (Wildman–Crippen LogP) is 3.55. The van der Waals surface area contributed by atoms with Gasteiger partial charge in [-0.2, -0.15) is 0 Å². The minimum Gasteiger partial charge on any atom is -0.390 e. The van der Waals surface area contributed by atoms with Gasteiger partial charge in [0, 0.05) is 61.3 Å². The van der Waals surface area contributed by atoms with Crippen molar-refractivity contribution in [2.24, 2.45) is 5.73 Å². The molecule has 3 aromatic rings. The van der Waals surface area contributed by atoms with Gasteiger partial charge in [0.1, 0.15) is 5.82 Å². The SMILES string of the molecule is Cc1cccc2c(N3CC(N)C(O)C3)cc(N3CCC(F)(F)c4ccccc4C3)nc12. The number of nitrogens with two attached hydrogens (primary N) is 1. The first-order valence-corrected chi connectivity index (χ1v) is 10.6. The molecule has 162 valence electrons. The Morgan fingerprint density at radius 3 is 2.68 bits per heavy atom. The Hall–Kier alpha value is -2.77. The molecule has 31 heavy (non-hydrogen) atoms. The van der Waals surface area contributed by atoms with Gasteiger partial charge < -0.3 is 20.6 Å². The second-order valence-electron chi connectivity index (χ2n) is 8.64. The number of β-amino-alcohol motifs (C(OH)–C–C–N with tert-alkyl or cyclic N) is 1. The van der Waals surface area contributed by atoms with Crippen molar-refractivity contribution in [1.29, 1.82) is 0 Å². The van der Waals surface area contributed by atoms with Crippen molar-refractivity contribution in [3.63, 3.8) is 0 Å². The van der Waals surface area contributed by atoms with Crippen molar-refractivity contribution in [3.8, 4) is 0 Å². The molecule has 3 N–H and O–H groups in total. The molecule has 7 heteroatoms. The normalized spacial score (nSPS) is 23.1. The van der Waals surface area contributed by atoms with Gasteiger partial charge in [0.25, 0.3) is 5.92 Å². The standard InChI is InChI=1S/C24H26F2N4O/c1-15-5-4-7-17-20(30-13-19(27)21(31)14-30)11-22(28-23(15)17)29-10-9-24(25,26)18-8-3-2-6-16(18)12-29/h2-8,11,19,21,31H,9-10,12-14,27H2,1H3. The molecular weight excluding hydrogens is 398 g/mol. The van der Waals surface area contributed by atoms with Crippen LogP contribution in [0.3, 0.4) is 0 Å². The van der Waals surface area contributed by atoms with Gasteiger partial charge in [0.2, 0.25) is 0 Å². The van der Waals surface area contributed by atoms with E-state index in [0.717, 1.165) is 22.2 Å². The lowest BCUT2D eigenvalue weighted by atomic mass is 10.0. The van der Waals surface area contributed by atoms with E-state index in [4.69, 9.17) is 10.7 Å². The molecule has 1 aromatic heterocycles. The first-order valence-electron chi connectivity index (χ1n) is 10.6. The summed E-state index contributed by atoms with van der Waals surface area (Å²) >= 11 is 0. The molecule has 0 saturated carbocycles. The molecule has 3 heterocycles. The lowest BCUT2D eigenvalue weighted by molar-refractivity contribution is -0.00967. The number of alkyl halides is 2. The third-order valence-electron chi connectivity index (χ3n) is 6.47. The number of rotatable bonds is 2. The summed E-state index contributed by atoms with van der Waals surface area (Å²) in [5, 5.41) is 11.2. The fourth-order valence-electron chi connectivity index (χ4n) is 4.70. The smallest absolute Gasteiger partial charge is 0.275 e. The average Bonchev–Trinajstić information content (AvgIpc) is 3.01. The van der Waals surface area contributed by atoms with Crippen molar-refractivity contribution >= 4 is 22.4 Å². The predicted molar refractivity (Wildman–Crippen MR) is 119 cm³/mol. The molecule has 2 aliphatic heterocycles. The second kappa shape index (κ2) is 7.43. The van der Waals surface area contributed by atoms with Gasteiger partial charge in [-0.15, -0.1) is 0 Å².